The monoisotopic (exact) mass is 243 g/mol. The van der Waals surface area contributed by atoms with Gasteiger partial charge in [-0.3, -0.25) is 0 Å². The highest BCUT2D eigenvalue weighted by Crippen LogP contribution is 2.32. The lowest BCUT2D eigenvalue weighted by molar-refractivity contribution is -0.0354. The quantitative estimate of drug-likeness (QED) is 0.726. The van der Waals surface area contributed by atoms with Gasteiger partial charge in [0, 0.05) is 12.5 Å². The van der Waals surface area contributed by atoms with E-state index < -0.39 is 11.7 Å². The molecule has 2 saturated heterocycles. The van der Waals surface area contributed by atoms with E-state index in [1.165, 1.54) is 0 Å². The number of hydrogen-bond acceptors (Lipinski definition) is 4. The highest BCUT2D eigenvalue weighted by Gasteiger charge is 2.41. The molecule has 0 aromatic heterocycles. The van der Waals surface area contributed by atoms with Gasteiger partial charge in [-0.1, -0.05) is 0 Å². The summed E-state index contributed by atoms with van der Waals surface area (Å²) < 4.78 is 10.8. The van der Waals surface area contributed by atoms with Gasteiger partial charge in [0.05, 0.1) is 18.3 Å². The van der Waals surface area contributed by atoms with Crippen molar-refractivity contribution >= 4 is 6.09 Å². The van der Waals surface area contributed by atoms with Crippen LogP contribution in [-0.2, 0) is 9.47 Å². The second kappa shape index (κ2) is 4.46. The van der Waals surface area contributed by atoms with Crippen LogP contribution in [-0.4, -0.2) is 41.2 Å². The number of fused-ring (bicyclic) bond motifs is 2. The predicted molar refractivity (Wildman–Crippen MR) is 61.7 cm³/mol. The van der Waals surface area contributed by atoms with Gasteiger partial charge in [0.2, 0.25) is 0 Å². The number of hydrogen-bond donors (Lipinski definition) is 2. The zero-order chi connectivity index (χ0) is 12.6. The van der Waals surface area contributed by atoms with E-state index in [0.29, 0.717) is 12.8 Å². The number of rotatable bonds is 1. The van der Waals surface area contributed by atoms with Crippen molar-refractivity contribution in [2.45, 2.75) is 70.0 Å². The molecule has 5 heteroatoms. The van der Waals surface area contributed by atoms with Crippen molar-refractivity contribution in [3.63, 3.8) is 0 Å². The Hall–Kier alpha value is -0.810. The summed E-state index contributed by atoms with van der Waals surface area (Å²) in [7, 11) is 0. The molecule has 2 aliphatic rings. The molecule has 2 rings (SSSR count). The number of amides is 1. The molecule has 1 amide bonds. The van der Waals surface area contributed by atoms with Crippen LogP contribution in [0.25, 0.3) is 0 Å². The molecule has 2 N–H and O–H groups in total. The van der Waals surface area contributed by atoms with Crippen molar-refractivity contribution in [2.24, 2.45) is 0 Å². The van der Waals surface area contributed by atoms with Crippen LogP contribution in [0.15, 0.2) is 0 Å². The largest absolute Gasteiger partial charge is 0.444 e. The van der Waals surface area contributed by atoms with E-state index in [1.807, 2.05) is 20.8 Å². The van der Waals surface area contributed by atoms with E-state index in [9.17, 15) is 9.90 Å². The number of nitrogens with one attached hydrogen (secondary N) is 1. The molecule has 2 aliphatic heterocycles. The first-order chi connectivity index (χ1) is 7.83. The molecule has 2 fully saturated rings. The maximum absolute atomic E-state index is 11.6. The molecule has 0 aromatic carbocycles. The first-order valence-corrected chi connectivity index (χ1v) is 6.16. The van der Waals surface area contributed by atoms with Crippen molar-refractivity contribution in [3.05, 3.63) is 0 Å². The Morgan fingerprint density at radius 1 is 1.35 bits per heavy atom. The van der Waals surface area contributed by atoms with Crippen molar-refractivity contribution in [3.8, 4) is 0 Å². The second-order valence-electron chi connectivity index (χ2n) is 5.91. The van der Waals surface area contributed by atoms with Gasteiger partial charge in [-0.15, -0.1) is 0 Å². The predicted octanol–water partition coefficient (Wildman–Crippen LogP) is 1.19. The third kappa shape index (κ3) is 3.33. The topological polar surface area (TPSA) is 67.8 Å². The number of carbonyl (C=O) groups excluding carboxylic acids is 1. The number of alkyl carbamates (subject to hydrolysis) is 1. The lowest BCUT2D eigenvalue weighted by Crippen LogP contribution is -2.45. The number of ether oxygens (including phenoxy) is 2. The third-order valence-corrected chi connectivity index (χ3v) is 3.09. The molecule has 2 bridgehead atoms. The minimum atomic E-state index is -0.478. The fourth-order valence-corrected chi connectivity index (χ4v) is 2.47. The minimum absolute atomic E-state index is 0.0470. The number of carbonyl (C=O) groups is 1. The maximum atomic E-state index is 11.6. The van der Waals surface area contributed by atoms with E-state index in [1.54, 1.807) is 0 Å². The normalized spacial score (nSPS) is 36.7. The van der Waals surface area contributed by atoms with Crippen LogP contribution < -0.4 is 5.32 Å². The summed E-state index contributed by atoms with van der Waals surface area (Å²) >= 11 is 0. The van der Waals surface area contributed by atoms with Gasteiger partial charge in [-0.2, -0.15) is 0 Å². The van der Waals surface area contributed by atoms with Gasteiger partial charge in [0.1, 0.15) is 5.60 Å². The molecular weight excluding hydrogens is 222 g/mol. The maximum Gasteiger partial charge on any atom is 0.407 e. The van der Waals surface area contributed by atoms with Crippen LogP contribution in [0.4, 0.5) is 4.79 Å². The molecule has 0 aromatic rings. The fourth-order valence-electron chi connectivity index (χ4n) is 2.47. The van der Waals surface area contributed by atoms with Gasteiger partial charge in [-0.05, 0) is 33.6 Å². The van der Waals surface area contributed by atoms with Crippen LogP contribution in [0.5, 0.6) is 0 Å². The van der Waals surface area contributed by atoms with E-state index >= 15 is 0 Å². The number of aliphatic hydroxyl groups is 1. The summed E-state index contributed by atoms with van der Waals surface area (Å²) in [5.41, 5.74) is -0.478. The second-order valence-corrected chi connectivity index (χ2v) is 5.91. The van der Waals surface area contributed by atoms with E-state index in [4.69, 9.17) is 9.47 Å². The molecule has 0 radical (unpaired) electrons. The SMILES string of the molecule is CC(C)(C)OC(=O)NC1CC2CC(O)C(C1)O2. The summed E-state index contributed by atoms with van der Waals surface area (Å²) in [5, 5.41) is 12.5. The summed E-state index contributed by atoms with van der Waals surface area (Å²) in [6.45, 7) is 5.51. The molecular formula is C12H21NO4. The molecule has 2 heterocycles. The lowest BCUT2D eigenvalue weighted by atomic mass is 10.0. The summed E-state index contributed by atoms with van der Waals surface area (Å²) in [6, 6.07) is 0.0470. The summed E-state index contributed by atoms with van der Waals surface area (Å²) in [5.74, 6) is 0. The molecule has 4 atom stereocenters. The van der Waals surface area contributed by atoms with Crippen molar-refractivity contribution in [1.29, 1.82) is 0 Å². The Bertz CT molecular complexity index is 297. The van der Waals surface area contributed by atoms with Gasteiger partial charge in [0.25, 0.3) is 0 Å². The van der Waals surface area contributed by atoms with Crippen LogP contribution in [0.3, 0.4) is 0 Å². The Kier molecular flexibility index (Phi) is 3.32. The molecule has 0 saturated carbocycles. The van der Waals surface area contributed by atoms with Gasteiger partial charge in [-0.25, -0.2) is 4.79 Å². The zero-order valence-corrected chi connectivity index (χ0v) is 10.6. The lowest BCUT2D eigenvalue weighted by Gasteiger charge is -2.30. The Balaban J connectivity index is 1.83. The molecule has 4 unspecified atom stereocenters. The van der Waals surface area contributed by atoms with Crippen LogP contribution in [0, 0.1) is 0 Å². The Morgan fingerprint density at radius 3 is 2.65 bits per heavy atom. The van der Waals surface area contributed by atoms with Gasteiger partial charge >= 0.3 is 6.09 Å². The first-order valence-electron chi connectivity index (χ1n) is 6.16. The molecule has 17 heavy (non-hydrogen) atoms. The fraction of sp³-hybridized carbons (Fsp3) is 0.917. The highest BCUT2D eigenvalue weighted by atomic mass is 16.6. The molecule has 5 nitrogen and oxygen atoms in total. The van der Waals surface area contributed by atoms with Crippen LogP contribution in [0.1, 0.15) is 40.0 Å². The molecule has 0 spiro atoms. The molecule has 98 valence electrons. The van der Waals surface area contributed by atoms with Crippen molar-refractivity contribution in [1.82, 2.24) is 5.32 Å². The van der Waals surface area contributed by atoms with E-state index in [0.717, 1.165) is 6.42 Å². The van der Waals surface area contributed by atoms with Crippen LogP contribution in [0.2, 0.25) is 0 Å². The Morgan fingerprint density at radius 2 is 2.06 bits per heavy atom. The average Bonchev–Trinajstić information content (AvgIpc) is 2.37. The summed E-state index contributed by atoms with van der Waals surface area (Å²) in [6.07, 6.45) is 1.27. The van der Waals surface area contributed by atoms with Crippen molar-refractivity contribution in [2.75, 3.05) is 0 Å². The zero-order valence-electron chi connectivity index (χ0n) is 10.6. The molecule has 0 aliphatic carbocycles. The van der Waals surface area contributed by atoms with Crippen molar-refractivity contribution < 1.29 is 19.4 Å². The van der Waals surface area contributed by atoms with Gasteiger partial charge < -0.3 is 19.9 Å². The van der Waals surface area contributed by atoms with E-state index in [-0.39, 0.29) is 24.4 Å². The average molecular weight is 243 g/mol. The third-order valence-electron chi connectivity index (χ3n) is 3.09. The minimum Gasteiger partial charge on any atom is -0.444 e. The highest BCUT2D eigenvalue weighted by molar-refractivity contribution is 5.68. The first kappa shape index (κ1) is 12.6. The standard InChI is InChI=1S/C12H21NO4/c1-12(2,3)17-11(15)13-7-4-8-6-9(14)10(5-7)16-8/h7-10,14H,4-6H2,1-3H3,(H,13,15). The van der Waals surface area contributed by atoms with Crippen LogP contribution >= 0.6 is 0 Å². The smallest absolute Gasteiger partial charge is 0.407 e. The number of aliphatic hydroxyl groups excluding tert-OH is 1. The van der Waals surface area contributed by atoms with E-state index in [2.05, 4.69) is 5.32 Å². The van der Waals surface area contributed by atoms with Gasteiger partial charge in [0.15, 0.2) is 0 Å². The Labute approximate surface area is 101 Å². The summed E-state index contributed by atoms with van der Waals surface area (Å²) in [4.78, 5) is 11.6.